The molecule has 0 saturated carbocycles. The lowest BCUT2D eigenvalue weighted by molar-refractivity contribution is -0.134. The molecule has 12 rings (SSSR count). The number of nitrogens with zero attached hydrogens (tertiary/aromatic N) is 5. The van der Waals surface area contributed by atoms with Gasteiger partial charge in [-0.25, -0.2) is 19.6 Å². The summed E-state index contributed by atoms with van der Waals surface area (Å²) in [5, 5.41) is 35.4. The molecule has 0 radical (unpaired) electrons. The topological polar surface area (TPSA) is 391 Å². The molecule has 11 aromatic carbocycles. The van der Waals surface area contributed by atoms with Crippen LogP contribution in [0.25, 0.3) is 32.3 Å². The lowest BCUT2D eigenvalue weighted by Crippen LogP contribution is -2.29. The third-order valence-corrected chi connectivity index (χ3v) is 22.9. The number of nitrogen functional groups attached to an aromatic ring is 3. The quantitative estimate of drug-likeness (QED) is 0.00326. The molecular formula is C113H144ClN15O11S4. The van der Waals surface area contributed by atoms with Gasteiger partial charge in [-0.2, -0.15) is 40.5 Å². The number of ether oxygens (including phenoxy) is 3. The normalized spacial score (nSPS) is 10.9. The van der Waals surface area contributed by atoms with Gasteiger partial charge in [0.1, 0.15) is 13.2 Å². The summed E-state index contributed by atoms with van der Waals surface area (Å²) in [5.41, 5.74) is 37.1. The van der Waals surface area contributed by atoms with Crippen molar-refractivity contribution in [3.05, 3.63) is 315 Å². The fourth-order valence-electron chi connectivity index (χ4n) is 14.7. The molecule has 0 fully saturated rings. The predicted molar refractivity (Wildman–Crippen MR) is 607 cm³/mol. The summed E-state index contributed by atoms with van der Waals surface area (Å²) in [4.78, 5) is 94.6. The van der Waals surface area contributed by atoms with Gasteiger partial charge in [-0.1, -0.05) is 262 Å². The minimum Gasteiger partial charge on any atom is -0.481 e. The summed E-state index contributed by atoms with van der Waals surface area (Å²) >= 11 is 6.67. The highest BCUT2D eigenvalue weighted by Crippen LogP contribution is 2.31. The number of thioether (sulfide) groups is 1. The molecule has 1 aromatic heterocycles. The second-order valence-electron chi connectivity index (χ2n) is 34.8. The van der Waals surface area contributed by atoms with Crippen molar-refractivity contribution < 1.29 is 52.9 Å². The van der Waals surface area contributed by atoms with Gasteiger partial charge in [0.15, 0.2) is 27.7 Å². The van der Waals surface area contributed by atoms with E-state index in [1.165, 1.54) is 50.6 Å². The minimum absolute atomic E-state index is 0. The molecule has 768 valence electrons. The minimum atomic E-state index is -0.833. The van der Waals surface area contributed by atoms with Crippen LogP contribution in [-0.2, 0) is 91.5 Å². The van der Waals surface area contributed by atoms with Crippen LogP contribution in [0.2, 0.25) is 5.15 Å². The number of hydrogen-bond donors (Lipinski definition) is 11. The Balaban J connectivity index is 0.000000388. The molecule has 3 atom stereocenters. The number of benzene rings is 11. The van der Waals surface area contributed by atoms with Crippen molar-refractivity contribution in [2.24, 2.45) is 23.5 Å². The number of aromatic nitrogens is 2. The monoisotopic (exact) mass is 2050 g/mol. The molecule has 0 bridgehead atoms. The fourth-order valence-corrected chi connectivity index (χ4v) is 15.0. The first-order valence-corrected chi connectivity index (χ1v) is 48.9. The van der Waals surface area contributed by atoms with Gasteiger partial charge in [-0.05, 0) is 289 Å². The lowest BCUT2D eigenvalue weighted by Gasteiger charge is -2.16. The number of fused-ring (bicyclic) bond motifs is 3. The third kappa shape index (κ3) is 47.0. The molecule has 144 heavy (non-hydrogen) atoms. The van der Waals surface area contributed by atoms with Crippen LogP contribution < -0.4 is 49.5 Å². The Morgan fingerprint density at radius 2 is 0.840 bits per heavy atom. The van der Waals surface area contributed by atoms with E-state index in [0.29, 0.717) is 45.4 Å². The zero-order valence-corrected chi connectivity index (χ0v) is 89.1. The van der Waals surface area contributed by atoms with E-state index in [1.54, 1.807) is 6.26 Å². The highest BCUT2D eigenvalue weighted by molar-refractivity contribution is 8.13. The lowest BCUT2D eigenvalue weighted by atomic mass is 9.91. The van der Waals surface area contributed by atoms with Gasteiger partial charge in [0, 0.05) is 72.9 Å². The van der Waals surface area contributed by atoms with Gasteiger partial charge in [-0.15, -0.1) is 0 Å². The Kier molecular flexibility index (Phi) is 59.0. The van der Waals surface area contributed by atoms with Crippen molar-refractivity contribution in [3.63, 3.8) is 0 Å². The van der Waals surface area contributed by atoms with Gasteiger partial charge < -0.3 is 83.5 Å². The maximum absolute atomic E-state index is 13.0. The number of halogens is 1. The van der Waals surface area contributed by atoms with E-state index in [4.69, 9.17) is 64.1 Å². The Hall–Kier alpha value is -13.1. The van der Waals surface area contributed by atoms with Crippen LogP contribution in [0.15, 0.2) is 243 Å². The SMILES string of the molecule is CC(=O)O.CN(C)CCCc1ccc(N)cc1.CSC(=N)NC(=O)c1nc(Cl)c(N)nc1N.C[C@@H](Cc1ccc(C#CCCNC(=O)OCc2ccccc2)c2ccccc12)C(=O)Nc1ccc(CCCN(C)C)cc1.C[C@@H](Cc1ccc(CCCCN)c2ccccc12)C(=O)Nc1ccc(CCCN(C)C)cc1.C[C@H](COC=O)Cc1ccc(C#CCCNC(=O)OCc2ccccc2)c2ccccc12.S.S.S. The predicted octanol–water partition coefficient (Wildman–Crippen LogP) is 19.6. The number of unbranched alkanes of at least 4 members (excludes halogenated alkanes) is 1. The van der Waals surface area contributed by atoms with Crippen LogP contribution >= 0.6 is 63.8 Å². The zero-order valence-electron chi connectivity index (χ0n) is 84.5. The van der Waals surface area contributed by atoms with Crippen LogP contribution in [0.3, 0.4) is 0 Å². The molecule has 26 nitrogen and oxygen atoms in total. The molecule has 0 unspecified atom stereocenters. The van der Waals surface area contributed by atoms with Crippen molar-refractivity contribution in [1.29, 1.82) is 5.41 Å². The highest BCUT2D eigenvalue weighted by Gasteiger charge is 2.21. The van der Waals surface area contributed by atoms with E-state index in [2.05, 4.69) is 233 Å². The van der Waals surface area contributed by atoms with Crippen LogP contribution in [0.1, 0.15) is 144 Å². The summed E-state index contributed by atoms with van der Waals surface area (Å²) < 4.78 is 15.3. The van der Waals surface area contributed by atoms with Crippen LogP contribution in [-0.4, -0.2) is 172 Å². The number of aryl methyl sites for hydroxylation is 4. The first kappa shape index (κ1) is 123. The summed E-state index contributed by atoms with van der Waals surface area (Å²) in [6.07, 6.45) is 13.8. The number of aliphatic carboxylic acids is 1. The number of hydrogen-bond acceptors (Lipinski definition) is 21. The van der Waals surface area contributed by atoms with Gasteiger partial charge in [-0.3, -0.25) is 29.4 Å². The van der Waals surface area contributed by atoms with Gasteiger partial charge in [0.2, 0.25) is 11.8 Å². The van der Waals surface area contributed by atoms with E-state index in [-0.39, 0.29) is 111 Å². The van der Waals surface area contributed by atoms with E-state index >= 15 is 0 Å². The largest absolute Gasteiger partial charge is 0.481 e. The van der Waals surface area contributed by atoms with Crippen molar-refractivity contribution in [2.45, 2.75) is 131 Å². The van der Waals surface area contributed by atoms with Gasteiger partial charge in [0.05, 0.1) is 6.61 Å². The van der Waals surface area contributed by atoms with Crippen LogP contribution in [0.5, 0.6) is 0 Å². The maximum Gasteiger partial charge on any atom is 0.407 e. The molecule has 5 amide bonds. The number of anilines is 5. The number of carboxylic acid groups (broad SMARTS) is 1. The Morgan fingerprint density at radius 1 is 0.472 bits per heavy atom. The summed E-state index contributed by atoms with van der Waals surface area (Å²) in [6, 6.07) is 81.2. The summed E-state index contributed by atoms with van der Waals surface area (Å²) in [6.45, 7) is 13.3. The maximum atomic E-state index is 13.0. The number of carbonyl (C=O) groups is 7. The van der Waals surface area contributed by atoms with Crippen LogP contribution in [0, 0.1) is 46.8 Å². The summed E-state index contributed by atoms with van der Waals surface area (Å²) in [5.74, 6) is 11.1. The van der Waals surface area contributed by atoms with Crippen molar-refractivity contribution >= 4 is 172 Å². The van der Waals surface area contributed by atoms with Crippen molar-refractivity contribution in [2.75, 3.05) is 122 Å². The number of alkyl carbamates (subject to hydrolysis) is 2. The fraction of sp³-hybridized carbons (Fsp3) is 0.327. The molecule has 12 aromatic rings. The number of rotatable bonds is 38. The van der Waals surface area contributed by atoms with E-state index < -0.39 is 24.1 Å². The van der Waals surface area contributed by atoms with Gasteiger partial charge >= 0.3 is 12.2 Å². The second-order valence-corrected chi connectivity index (χ2v) is 36.0. The standard InChI is InChI=1S/C37H41N3O3.C29H39N3O.C27H27NO4.C11H18N2.C7H9ClN6OS.C2H4O2.3H2S/c1-28(36(41)39-33-22-18-29(19-23-33)14-11-25-40(2)3)26-32-21-20-31(34-16-7-8-17-35(32)34)15-9-10-24-38-37(42)43-27-30-12-5-4-6-13-30;1-22(29(33)31-26-17-13-23(14-18-26)9-8-20-32(2)3)21-25-16-15-24(10-6-7-19-30)27-11-4-5-12-28(25)27;1-21(18-31-20-29)17-24-15-14-23(25-12-5-6-13-26(24)25)11-7-8-16-28-27(30)32-19-22-9-3-2-4-10-22;1-13(2)9-3-4-10-5-7-11(12)8-6-10;1-16-7(11)14-6(15)2-4(9)13-5(10)3(8)12-2;1-2(3)4;;;/h4-8,12-13,16-23,28H,10-11,14,24-27H2,1-3H3,(H,38,42)(H,39,41);4-5,11-18,22H,6-10,19-21,30H2,1-3H3,(H,31,33);2-6,9-10,12-15,20-21H,8,16-19H2,1H3,(H,28,30);5-8H,3-4,9,12H2,1-2H3;1H3,(H4,9,10,13)(H2,11,14,15);1H3,(H,3,4);3*1H2/t28-;22-;21-;;;;;;/m000....../s1. The molecule has 15 N–H and O–H groups in total. The third-order valence-electron chi connectivity index (χ3n) is 22.1. The summed E-state index contributed by atoms with van der Waals surface area (Å²) in [7, 11) is 12.6. The molecule has 31 heteroatoms. The number of carboxylic acids is 1. The number of nitrogens with one attached hydrogen (secondary N) is 6. The van der Waals surface area contributed by atoms with E-state index in [1.807, 2.05) is 147 Å². The average molecular weight is 2050 g/mol. The first-order valence-electron chi connectivity index (χ1n) is 47.3. The Labute approximate surface area is 880 Å². The van der Waals surface area contributed by atoms with Crippen LogP contribution in [0.4, 0.5) is 38.3 Å². The zero-order chi connectivity index (χ0) is 102. The van der Waals surface area contributed by atoms with Gasteiger partial charge in [0.25, 0.3) is 18.3 Å². The molecule has 0 aliphatic heterocycles. The Bertz CT molecular complexity index is 6090. The number of amides is 5. The number of nitrogens with two attached hydrogens (primary N) is 4. The Morgan fingerprint density at radius 3 is 1.24 bits per heavy atom. The molecule has 0 aliphatic carbocycles. The molecule has 1 heterocycles. The molecular weight excluding hydrogens is 1910 g/mol. The second kappa shape index (κ2) is 69.0. The smallest absolute Gasteiger partial charge is 0.407 e. The molecule has 0 aliphatic rings. The van der Waals surface area contributed by atoms with E-state index in [0.717, 1.165) is 175 Å². The molecule has 0 saturated heterocycles. The van der Waals surface area contributed by atoms with Crippen molar-refractivity contribution in [1.82, 2.24) is 40.6 Å². The molecule has 0 spiro atoms. The highest BCUT2D eigenvalue weighted by atomic mass is 35.5. The first-order chi connectivity index (χ1) is 67.9. The number of amidine groups is 1. The van der Waals surface area contributed by atoms with Crippen molar-refractivity contribution in [3.8, 4) is 23.7 Å². The van der Waals surface area contributed by atoms with E-state index in [9.17, 15) is 28.8 Å². The number of carbonyl (C=O) groups excluding carboxylic acids is 6. The average Bonchev–Trinajstić information content (AvgIpc) is 0.801.